The van der Waals surface area contributed by atoms with E-state index in [0.717, 1.165) is 32.1 Å². The molecule has 4 aliphatic rings. The highest BCUT2D eigenvalue weighted by Crippen LogP contribution is 2.59. The smallest absolute Gasteiger partial charge is 0.242 e. The predicted molar refractivity (Wildman–Crippen MR) is 122 cm³/mol. The first kappa shape index (κ1) is 23.5. The maximum absolute atomic E-state index is 13.0. The number of amides is 2. The highest BCUT2D eigenvalue weighted by Gasteiger charge is 2.58. The zero-order valence-corrected chi connectivity index (χ0v) is 20.4. The molecule has 32 heavy (non-hydrogen) atoms. The van der Waals surface area contributed by atoms with Crippen LogP contribution in [0.4, 0.5) is 0 Å². The van der Waals surface area contributed by atoms with E-state index in [1.807, 2.05) is 0 Å². The molecule has 1 aromatic carbocycles. The van der Waals surface area contributed by atoms with Crippen molar-refractivity contribution in [2.75, 3.05) is 0 Å². The average molecular weight is 482 g/mol. The van der Waals surface area contributed by atoms with Gasteiger partial charge in [-0.2, -0.15) is 0 Å². The number of sulfonamides is 1. The molecule has 2 unspecified atom stereocenters. The number of nitrogens with two attached hydrogens (primary N) is 1. The van der Waals surface area contributed by atoms with Gasteiger partial charge in [-0.3, -0.25) is 9.59 Å². The number of nitrogens with one attached hydrogen (secondary N) is 2. The van der Waals surface area contributed by atoms with Crippen molar-refractivity contribution in [3.05, 3.63) is 28.8 Å². The molecular formula is C23H32ClN3O4S. The summed E-state index contributed by atoms with van der Waals surface area (Å²) < 4.78 is 28.6. The quantitative estimate of drug-likeness (QED) is 0.554. The average Bonchev–Trinajstić information content (AvgIpc) is 2.62. The first-order chi connectivity index (χ1) is 14.8. The lowest BCUT2D eigenvalue weighted by Gasteiger charge is -2.58. The van der Waals surface area contributed by atoms with Gasteiger partial charge in [-0.25, -0.2) is 13.1 Å². The minimum absolute atomic E-state index is 0.00391. The first-order valence-corrected chi connectivity index (χ1v) is 13.1. The fourth-order valence-corrected chi connectivity index (χ4v) is 8.85. The van der Waals surface area contributed by atoms with Crippen LogP contribution in [0.15, 0.2) is 23.1 Å². The van der Waals surface area contributed by atoms with Crippen molar-refractivity contribution in [1.82, 2.24) is 10.0 Å². The molecule has 4 aliphatic carbocycles. The topological polar surface area (TPSA) is 118 Å². The van der Waals surface area contributed by atoms with E-state index in [1.54, 1.807) is 32.9 Å². The summed E-state index contributed by atoms with van der Waals surface area (Å²) >= 11 is 6.15. The number of halogens is 1. The van der Waals surface area contributed by atoms with Gasteiger partial charge in [0, 0.05) is 23.4 Å². The van der Waals surface area contributed by atoms with Crippen LogP contribution in [-0.4, -0.2) is 31.8 Å². The highest BCUT2D eigenvalue weighted by molar-refractivity contribution is 7.89. The Labute approximate surface area is 194 Å². The number of primary amides is 1. The van der Waals surface area contributed by atoms with Gasteiger partial charge in [-0.1, -0.05) is 23.7 Å². The Kier molecular flexibility index (Phi) is 5.87. The van der Waals surface area contributed by atoms with E-state index in [1.165, 1.54) is 6.07 Å². The van der Waals surface area contributed by atoms with Crippen LogP contribution in [0.25, 0.3) is 0 Å². The third-order valence-electron chi connectivity index (χ3n) is 7.57. The Morgan fingerprint density at radius 2 is 1.81 bits per heavy atom. The molecule has 5 rings (SSSR count). The van der Waals surface area contributed by atoms with Gasteiger partial charge < -0.3 is 11.1 Å². The van der Waals surface area contributed by atoms with Crippen molar-refractivity contribution in [2.45, 2.75) is 75.8 Å². The molecule has 0 aromatic heterocycles. The molecule has 0 spiro atoms. The normalized spacial score (nSPS) is 31.5. The fraction of sp³-hybridized carbons (Fsp3) is 0.652. The van der Waals surface area contributed by atoms with E-state index in [9.17, 15) is 18.0 Å². The number of carbonyl (C=O) groups is 2. The standard InChI is InChI=1S/C23H32ClN3O4S/c1-13-5-4-6-17(24)20(13)32(30,31)27-22(2,3)12-18(28)26-19-15-7-14-8-16(19)11-23(9-14,10-15)21(25)29/h4-6,14-16,19,27H,7-12H2,1-3H3,(H2,25,29)(H,26,28)/t14?,15?,16?,19-,23-. The molecule has 7 nitrogen and oxygen atoms in total. The van der Waals surface area contributed by atoms with E-state index < -0.39 is 21.0 Å². The van der Waals surface area contributed by atoms with Crippen LogP contribution in [0.1, 0.15) is 57.9 Å². The second-order valence-corrected chi connectivity index (χ2v) is 12.8. The molecule has 4 saturated carbocycles. The lowest BCUT2D eigenvalue weighted by Crippen LogP contribution is -2.62. The monoisotopic (exact) mass is 481 g/mol. The second kappa shape index (κ2) is 7.99. The van der Waals surface area contributed by atoms with Crippen LogP contribution >= 0.6 is 11.6 Å². The maximum atomic E-state index is 13.0. The number of carbonyl (C=O) groups excluding carboxylic acids is 2. The van der Waals surface area contributed by atoms with Crippen molar-refractivity contribution < 1.29 is 18.0 Å². The van der Waals surface area contributed by atoms with Crippen molar-refractivity contribution in [2.24, 2.45) is 28.9 Å². The summed E-state index contributed by atoms with van der Waals surface area (Å²) in [4.78, 5) is 25.1. The molecule has 176 valence electrons. The summed E-state index contributed by atoms with van der Waals surface area (Å²) in [5.41, 5.74) is 4.88. The molecule has 4 fully saturated rings. The Morgan fingerprint density at radius 1 is 1.19 bits per heavy atom. The van der Waals surface area contributed by atoms with Gasteiger partial charge in [0.2, 0.25) is 21.8 Å². The van der Waals surface area contributed by atoms with Crippen molar-refractivity contribution >= 4 is 33.4 Å². The van der Waals surface area contributed by atoms with Gasteiger partial charge in [0.15, 0.2) is 0 Å². The highest BCUT2D eigenvalue weighted by atomic mass is 35.5. The third-order valence-corrected chi connectivity index (χ3v) is 9.90. The van der Waals surface area contributed by atoms with Crippen molar-refractivity contribution in [1.29, 1.82) is 0 Å². The summed E-state index contributed by atoms with van der Waals surface area (Å²) in [7, 11) is -3.91. The van der Waals surface area contributed by atoms with Gasteiger partial charge >= 0.3 is 0 Å². The Hall–Kier alpha value is -1.64. The molecule has 4 N–H and O–H groups in total. The minimum Gasteiger partial charge on any atom is -0.369 e. The van der Waals surface area contributed by atoms with Gasteiger partial charge in [0.1, 0.15) is 4.90 Å². The largest absolute Gasteiger partial charge is 0.369 e. The van der Waals surface area contributed by atoms with E-state index in [2.05, 4.69) is 10.0 Å². The van der Waals surface area contributed by atoms with Crippen molar-refractivity contribution in [3.63, 3.8) is 0 Å². The summed E-state index contributed by atoms with van der Waals surface area (Å²) in [6.45, 7) is 5.07. The van der Waals surface area contributed by atoms with E-state index in [4.69, 9.17) is 17.3 Å². The van der Waals surface area contributed by atoms with Gasteiger partial charge in [0.05, 0.1) is 5.02 Å². The SMILES string of the molecule is Cc1cccc(Cl)c1S(=O)(=O)NC(C)(C)CC(=O)N[C@H]1C2CC3CC1C[C@](C(N)=O)(C3)C2. The summed E-state index contributed by atoms with van der Waals surface area (Å²) in [5, 5.41) is 3.32. The molecule has 2 amide bonds. The first-order valence-electron chi connectivity index (χ1n) is 11.2. The third kappa shape index (κ3) is 4.29. The molecule has 9 heteroatoms. The van der Waals surface area contributed by atoms with Gasteiger partial charge in [-0.05, 0) is 82.3 Å². The van der Waals surface area contributed by atoms with Crippen LogP contribution in [0.3, 0.4) is 0 Å². The molecule has 1 aromatic rings. The number of aryl methyl sites for hydroxylation is 1. The van der Waals surface area contributed by atoms with Crippen LogP contribution in [-0.2, 0) is 19.6 Å². The number of benzene rings is 1. The van der Waals surface area contributed by atoms with E-state index in [0.29, 0.717) is 11.5 Å². The molecule has 0 saturated heterocycles. The van der Waals surface area contributed by atoms with Crippen molar-refractivity contribution in [3.8, 4) is 0 Å². The molecule has 2 atom stereocenters. The zero-order chi connectivity index (χ0) is 23.5. The second-order valence-electron chi connectivity index (χ2n) is 10.8. The van der Waals surface area contributed by atoms with E-state index in [-0.39, 0.29) is 46.0 Å². The number of hydrogen-bond acceptors (Lipinski definition) is 4. The summed E-state index contributed by atoms with van der Waals surface area (Å²) in [5.74, 6) is 0.619. The number of rotatable bonds is 7. The molecular weight excluding hydrogens is 450 g/mol. The van der Waals surface area contributed by atoms with Crippen LogP contribution in [0.2, 0.25) is 5.02 Å². The zero-order valence-electron chi connectivity index (χ0n) is 18.8. The Balaban J connectivity index is 1.43. The summed E-state index contributed by atoms with van der Waals surface area (Å²) in [6, 6.07) is 4.94. The molecule has 0 heterocycles. The maximum Gasteiger partial charge on any atom is 0.242 e. The number of hydrogen-bond donors (Lipinski definition) is 3. The predicted octanol–water partition coefficient (Wildman–Crippen LogP) is 2.89. The van der Waals surface area contributed by atoms with E-state index >= 15 is 0 Å². The molecule has 0 radical (unpaired) electrons. The molecule has 4 bridgehead atoms. The molecule has 0 aliphatic heterocycles. The minimum atomic E-state index is -3.91. The Bertz CT molecular complexity index is 1020. The fourth-order valence-electron chi connectivity index (χ4n) is 6.61. The van der Waals surface area contributed by atoms with Crippen LogP contribution in [0, 0.1) is 30.1 Å². The van der Waals surface area contributed by atoms with Gasteiger partial charge in [0.25, 0.3) is 0 Å². The Morgan fingerprint density at radius 3 is 2.38 bits per heavy atom. The van der Waals surface area contributed by atoms with Crippen LogP contribution < -0.4 is 15.8 Å². The van der Waals surface area contributed by atoms with Crippen LogP contribution in [0.5, 0.6) is 0 Å². The summed E-state index contributed by atoms with van der Waals surface area (Å²) in [6.07, 6.45) is 4.38. The lowest BCUT2D eigenvalue weighted by molar-refractivity contribution is -0.147. The lowest BCUT2D eigenvalue weighted by atomic mass is 9.47. The van der Waals surface area contributed by atoms with Gasteiger partial charge in [-0.15, -0.1) is 0 Å².